The molecule has 0 atom stereocenters. The quantitative estimate of drug-likeness (QED) is 0.753. The van der Waals surface area contributed by atoms with Crippen LogP contribution < -0.4 is 16.6 Å². The van der Waals surface area contributed by atoms with Crippen molar-refractivity contribution in [2.24, 2.45) is 5.73 Å². The van der Waals surface area contributed by atoms with Gasteiger partial charge in [0.25, 0.3) is 5.56 Å². The first-order valence-electron chi connectivity index (χ1n) is 5.77. The summed E-state index contributed by atoms with van der Waals surface area (Å²) in [5, 5.41) is 3.12. The lowest BCUT2D eigenvalue weighted by molar-refractivity contribution is 0.993. The summed E-state index contributed by atoms with van der Waals surface area (Å²) in [5.74, 6) is 1.18. The highest BCUT2D eigenvalue weighted by Gasteiger charge is 1.99. The van der Waals surface area contributed by atoms with Crippen LogP contribution >= 0.6 is 0 Å². The molecule has 2 rings (SSSR count). The molecule has 1 aromatic carbocycles. The van der Waals surface area contributed by atoms with Gasteiger partial charge in [-0.15, -0.1) is 0 Å². The van der Waals surface area contributed by atoms with Gasteiger partial charge in [0, 0.05) is 19.2 Å². The van der Waals surface area contributed by atoms with Crippen molar-refractivity contribution in [1.82, 2.24) is 9.97 Å². The lowest BCUT2D eigenvalue weighted by Crippen LogP contribution is -2.12. The fourth-order valence-corrected chi connectivity index (χ4v) is 1.73. The molecule has 0 saturated carbocycles. The zero-order chi connectivity index (χ0) is 13.0. The highest BCUT2D eigenvalue weighted by Crippen LogP contribution is 2.07. The second-order valence-electron chi connectivity index (χ2n) is 4.09. The van der Waals surface area contributed by atoms with Crippen molar-refractivity contribution in [3.05, 3.63) is 57.6 Å². The predicted molar refractivity (Wildman–Crippen MR) is 71.3 cm³/mol. The number of H-pyrrole nitrogens is 1. The van der Waals surface area contributed by atoms with Crippen molar-refractivity contribution < 1.29 is 0 Å². The van der Waals surface area contributed by atoms with Crippen molar-refractivity contribution >= 4 is 5.82 Å². The molecule has 4 N–H and O–H groups in total. The first-order valence-corrected chi connectivity index (χ1v) is 5.77. The van der Waals surface area contributed by atoms with E-state index in [0.29, 0.717) is 24.7 Å². The first kappa shape index (κ1) is 12.3. The minimum atomic E-state index is -0.152. The zero-order valence-electron chi connectivity index (χ0n) is 10.2. The molecule has 0 radical (unpaired) electrons. The summed E-state index contributed by atoms with van der Waals surface area (Å²) in [4.78, 5) is 18.1. The maximum absolute atomic E-state index is 11.3. The Labute approximate surface area is 105 Å². The number of hydrogen-bond donors (Lipinski definition) is 3. The summed E-state index contributed by atoms with van der Waals surface area (Å²) in [6.45, 7) is 2.89. The standard InChI is InChI=1S/C13H16N4O/c1-9-16-12(6-13(18)17-9)15-8-11-4-2-3-10(5-11)7-14/h2-6H,7-8,14H2,1H3,(H2,15,16,17,18). The van der Waals surface area contributed by atoms with E-state index in [9.17, 15) is 4.79 Å². The third kappa shape index (κ3) is 3.18. The van der Waals surface area contributed by atoms with Crippen molar-refractivity contribution in [3.63, 3.8) is 0 Å². The van der Waals surface area contributed by atoms with Gasteiger partial charge in [-0.1, -0.05) is 24.3 Å². The van der Waals surface area contributed by atoms with Gasteiger partial charge in [0.1, 0.15) is 11.6 Å². The monoisotopic (exact) mass is 244 g/mol. The molecule has 2 aromatic rings. The van der Waals surface area contributed by atoms with Gasteiger partial charge >= 0.3 is 0 Å². The molecule has 5 nitrogen and oxygen atoms in total. The van der Waals surface area contributed by atoms with Crippen LogP contribution in [0.5, 0.6) is 0 Å². The third-order valence-corrected chi connectivity index (χ3v) is 2.56. The third-order valence-electron chi connectivity index (χ3n) is 2.56. The summed E-state index contributed by atoms with van der Waals surface area (Å²) in [6.07, 6.45) is 0. The molecule has 0 amide bonds. The number of anilines is 1. The van der Waals surface area contributed by atoms with Gasteiger partial charge in [0.05, 0.1) is 0 Å². The van der Waals surface area contributed by atoms with Gasteiger partial charge in [-0.2, -0.15) is 0 Å². The summed E-state index contributed by atoms with van der Waals surface area (Å²) < 4.78 is 0. The lowest BCUT2D eigenvalue weighted by atomic mass is 10.1. The normalized spacial score (nSPS) is 10.3. The minimum absolute atomic E-state index is 0.152. The van der Waals surface area contributed by atoms with Crippen LogP contribution in [0.25, 0.3) is 0 Å². The first-order chi connectivity index (χ1) is 8.67. The fourth-order valence-electron chi connectivity index (χ4n) is 1.73. The molecule has 0 saturated heterocycles. The number of rotatable bonds is 4. The number of nitrogens with two attached hydrogens (primary N) is 1. The highest BCUT2D eigenvalue weighted by molar-refractivity contribution is 5.35. The lowest BCUT2D eigenvalue weighted by Gasteiger charge is -2.07. The van der Waals surface area contributed by atoms with Crippen molar-refractivity contribution in [3.8, 4) is 0 Å². The number of hydrogen-bond acceptors (Lipinski definition) is 4. The molecule has 18 heavy (non-hydrogen) atoms. The van der Waals surface area contributed by atoms with Gasteiger partial charge < -0.3 is 16.0 Å². The second kappa shape index (κ2) is 5.46. The largest absolute Gasteiger partial charge is 0.366 e. The number of aromatic nitrogens is 2. The van der Waals surface area contributed by atoms with E-state index < -0.39 is 0 Å². The van der Waals surface area contributed by atoms with Gasteiger partial charge in [0.15, 0.2) is 0 Å². The molecule has 0 spiro atoms. The van der Waals surface area contributed by atoms with Crippen molar-refractivity contribution in [2.75, 3.05) is 5.32 Å². The Morgan fingerprint density at radius 2 is 2.11 bits per heavy atom. The van der Waals surface area contributed by atoms with Crippen molar-refractivity contribution in [2.45, 2.75) is 20.0 Å². The zero-order valence-corrected chi connectivity index (χ0v) is 10.2. The minimum Gasteiger partial charge on any atom is -0.366 e. The molecule has 0 bridgehead atoms. The topological polar surface area (TPSA) is 83.8 Å². The summed E-state index contributed by atoms with van der Waals surface area (Å²) in [6, 6.07) is 9.44. The van der Waals surface area contributed by atoms with E-state index in [4.69, 9.17) is 5.73 Å². The van der Waals surface area contributed by atoms with E-state index in [2.05, 4.69) is 15.3 Å². The van der Waals surface area contributed by atoms with Crippen LogP contribution in [0.15, 0.2) is 35.1 Å². The van der Waals surface area contributed by atoms with E-state index >= 15 is 0 Å². The molecule has 5 heteroatoms. The van der Waals surface area contributed by atoms with Crippen LogP contribution in [-0.4, -0.2) is 9.97 Å². The molecular weight excluding hydrogens is 228 g/mol. The van der Waals surface area contributed by atoms with Crippen LogP contribution in [-0.2, 0) is 13.1 Å². The molecule has 0 aliphatic carbocycles. The van der Waals surface area contributed by atoms with Gasteiger partial charge in [-0.25, -0.2) is 4.98 Å². The van der Waals surface area contributed by atoms with Gasteiger partial charge in [0.2, 0.25) is 0 Å². The van der Waals surface area contributed by atoms with Crippen LogP contribution in [0.2, 0.25) is 0 Å². The number of nitrogens with one attached hydrogen (secondary N) is 2. The average molecular weight is 244 g/mol. The van der Waals surface area contributed by atoms with E-state index in [1.54, 1.807) is 6.92 Å². The Bertz CT molecular complexity index is 592. The molecule has 0 unspecified atom stereocenters. The molecule has 0 aliphatic rings. The number of nitrogens with zero attached hydrogens (tertiary/aromatic N) is 1. The fraction of sp³-hybridized carbons (Fsp3) is 0.231. The smallest absolute Gasteiger partial charge is 0.252 e. The van der Waals surface area contributed by atoms with Crippen molar-refractivity contribution in [1.29, 1.82) is 0 Å². The molecule has 1 heterocycles. The second-order valence-corrected chi connectivity index (χ2v) is 4.09. The maximum atomic E-state index is 11.3. The van der Waals surface area contributed by atoms with E-state index in [-0.39, 0.29) is 5.56 Å². The van der Waals surface area contributed by atoms with Gasteiger partial charge in [-0.3, -0.25) is 4.79 Å². The predicted octanol–water partition coefficient (Wildman–Crippen LogP) is 1.15. The molecule has 0 fully saturated rings. The summed E-state index contributed by atoms with van der Waals surface area (Å²) in [5.41, 5.74) is 7.63. The van der Waals surface area contributed by atoms with E-state index in [1.807, 2.05) is 24.3 Å². The number of aromatic amines is 1. The van der Waals surface area contributed by atoms with Gasteiger partial charge in [-0.05, 0) is 18.1 Å². The molecule has 0 aliphatic heterocycles. The highest BCUT2D eigenvalue weighted by atomic mass is 16.1. The van der Waals surface area contributed by atoms with Crippen LogP contribution in [0.4, 0.5) is 5.82 Å². The van der Waals surface area contributed by atoms with Crippen LogP contribution in [0, 0.1) is 6.92 Å². The Morgan fingerprint density at radius 3 is 2.83 bits per heavy atom. The summed E-state index contributed by atoms with van der Waals surface area (Å²) >= 11 is 0. The SMILES string of the molecule is Cc1nc(NCc2cccc(CN)c2)cc(=O)[nH]1. The summed E-state index contributed by atoms with van der Waals surface area (Å²) in [7, 11) is 0. The average Bonchev–Trinajstić information content (AvgIpc) is 2.35. The Morgan fingerprint density at radius 1 is 1.33 bits per heavy atom. The van der Waals surface area contributed by atoms with E-state index in [0.717, 1.165) is 11.1 Å². The Kier molecular flexibility index (Phi) is 3.74. The molecule has 94 valence electrons. The van der Waals surface area contributed by atoms with E-state index in [1.165, 1.54) is 6.07 Å². The number of aryl methyl sites for hydroxylation is 1. The van der Waals surface area contributed by atoms with Crippen LogP contribution in [0.1, 0.15) is 17.0 Å². The maximum Gasteiger partial charge on any atom is 0.252 e. The number of benzene rings is 1. The van der Waals surface area contributed by atoms with Crippen LogP contribution in [0.3, 0.4) is 0 Å². The molecule has 1 aromatic heterocycles. The Balaban J connectivity index is 2.08. The molecular formula is C13H16N4O. The Hall–Kier alpha value is -2.14.